The van der Waals surface area contributed by atoms with Crippen molar-refractivity contribution in [2.75, 3.05) is 4.90 Å². The van der Waals surface area contributed by atoms with E-state index in [1.165, 1.54) is 19.1 Å². The van der Waals surface area contributed by atoms with Crippen LogP contribution in [0.2, 0.25) is 0 Å². The zero-order valence-electron chi connectivity index (χ0n) is 13.3. The zero-order chi connectivity index (χ0) is 18.4. The molecule has 1 aromatic carbocycles. The Hall–Kier alpha value is -2.48. The number of carbonyl (C=O) groups is 2. The molecule has 25 heavy (non-hydrogen) atoms. The molecule has 4 nitrogen and oxygen atoms in total. The van der Waals surface area contributed by atoms with Crippen LogP contribution in [0, 0.1) is 6.92 Å². The maximum Gasteiger partial charge on any atom is 0.416 e. The number of thioether (sulfide) groups is 1. The summed E-state index contributed by atoms with van der Waals surface area (Å²) in [5.41, 5.74) is -0.209. The topological polar surface area (TPSA) is 42.3 Å². The fourth-order valence-electron chi connectivity index (χ4n) is 2.50. The summed E-state index contributed by atoms with van der Waals surface area (Å²) >= 11 is 0.705. The molecule has 0 bridgehead atoms. The standard InChI is InChI=1S/C17H13F3N2O2S/c1-10-5-6-12(8-13(10)17(18,19)20)22-15(23)14(25-16(22)24)9-11-4-3-7-21(11)2/h3-9H,1-2H3. The molecular weight excluding hydrogens is 353 g/mol. The Morgan fingerprint density at radius 2 is 1.88 bits per heavy atom. The van der Waals surface area contributed by atoms with E-state index in [0.717, 1.165) is 11.0 Å². The van der Waals surface area contributed by atoms with Crippen molar-refractivity contribution in [2.24, 2.45) is 7.05 Å². The summed E-state index contributed by atoms with van der Waals surface area (Å²) in [6.07, 6.45) is -1.23. The Labute approximate surface area is 145 Å². The fourth-order valence-corrected chi connectivity index (χ4v) is 3.33. The number of carbonyl (C=O) groups excluding carboxylic acids is 2. The van der Waals surface area contributed by atoms with E-state index in [9.17, 15) is 22.8 Å². The smallest absolute Gasteiger partial charge is 0.351 e. The van der Waals surface area contributed by atoms with Gasteiger partial charge < -0.3 is 4.57 Å². The summed E-state index contributed by atoms with van der Waals surface area (Å²) in [6, 6.07) is 6.97. The molecule has 0 N–H and O–H groups in total. The number of anilines is 1. The first kappa shape index (κ1) is 17.3. The van der Waals surface area contributed by atoms with Gasteiger partial charge >= 0.3 is 6.18 Å². The number of aryl methyl sites for hydroxylation is 2. The number of imide groups is 1. The van der Waals surface area contributed by atoms with Crippen LogP contribution in [0.3, 0.4) is 0 Å². The van der Waals surface area contributed by atoms with Crippen molar-refractivity contribution in [3.05, 3.63) is 58.3 Å². The average molecular weight is 366 g/mol. The van der Waals surface area contributed by atoms with E-state index in [4.69, 9.17) is 0 Å². The maximum absolute atomic E-state index is 13.1. The van der Waals surface area contributed by atoms with Gasteiger partial charge in [0.05, 0.1) is 16.2 Å². The Balaban J connectivity index is 1.99. The molecule has 8 heteroatoms. The number of nitrogens with zero attached hydrogens (tertiary/aromatic N) is 2. The number of hydrogen-bond acceptors (Lipinski definition) is 3. The molecule has 1 fully saturated rings. The van der Waals surface area contributed by atoms with E-state index in [1.807, 2.05) is 0 Å². The van der Waals surface area contributed by atoms with Crippen LogP contribution in [0.1, 0.15) is 16.8 Å². The summed E-state index contributed by atoms with van der Waals surface area (Å²) in [6.45, 7) is 1.33. The Morgan fingerprint density at radius 1 is 1.16 bits per heavy atom. The van der Waals surface area contributed by atoms with Gasteiger partial charge in [-0.3, -0.25) is 9.59 Å². The second kappa shape index (κ2) is 6.11. The van der Waals surface area contributed by atoms with Gasteiger partial charge in [0.15, 0.2) is 0 Å². The minimum atomic E-state index is -4.55. The molecule has 1 aromatic heterocycles. The van der Waals surface area contributed by atoms with Gasteiger partial charge in [-0.05, 0) is 54.6 Å². The molecule has 3 rings (SSSR count). The number of aromatic nitrogens is 1. The lowest BCUT2D eigenvalue weighted by atomic mass is 10.1. The molecule has 1 saturated heterocycles. The Morgan fingerprint density at radius 3 is 2.48 bits per heavy atom. The van der Waals surface area contributed by atoms with E-state index < -0.39 is 22.9 Å². The van der Waals surface area contributed by atoms with Crippen LogP contribution in [0.25, 0.3) is 6.08 Å². The van der Waals surface area contributed by atoms with E-state index >= 15 is 0 Å². The predicted octanol–water partition coefficient (Wildman–Crippen LogP) is 4.59. The van der Waals surface area contributed by atoms with Crippen LogP contribution in [-0.2, 0) is 18.0 Å². The van der Waals surface area contributed by atoms with Crippen LogP contribution in [0.4, 0.5) is 23.7 Å². The molecule has 1 aliphatic heterocycles. The van der Waals surface area contributed by atoms with Gasteiger partial charge in [-0.2, -0.15) is 13.2 Å². The van der Waals surface area contributed by atoms with Crippen molar-refractivity contribution in [3.63, 3.8) is 0 Å². The van der Waals surface area contributed by atoms with Crippen LogP contribution >= 0.6 is 11.8 Å². The third kappa shape index (κ3) is 3.21. The fraction of sp³-hybridized carbons (Fsp3) is 0.176. The molecule has 1 aliphatic rings. The number of benzene rings is 1. The first-order chi connectivity index (χ1) is 11.7. The van der Waals surface area contributed by atoms with Gasteiger partial charge in [-0.1, -0.05) is 6.07 Å². The van der Waals surface area contributed by atoms with E-state index in [0.29, 0.717) is 17.5 Å². The van der Waals surface area contributed by atoms with Crippen molar-refractivity contribution in [1.29, 1.82) is 0 Å². The maximum atomic E-state index is 13.1. The lowest BCUT2D eigenvalue weighted by Gasteiger charge is -2.16. The second-order valence-electron chi connectivity index (χ2n) is 5.56. The van der Waals surface area contributed by atoms with Gasteiger partial charge in [0, 0.05) is 18.9 Å². The monoisotopic (exact) mass is 366 g/mol. The van der Waals surface area contributed by atoms with Crippen LogP contribution in [0.15, 0.2) is 41.4 Å². The highest BCUT2D eigenvalue weighted by atomic mass is 32.2. The molecule has 0 saturated carbocycles. The molecule has 2 amide bonds. The predicted molar refractivity (Wildman–Crippen MR) is 90.0 cm³/mol. The van der Waals surface area contributed by atoms with Crippen molar-refractivity contribution in [3.8, 4) is 0 Å². The summed E-state index contributed by atoms with van der Waals surface area (Å²) in [5.74, 6) is -0.631. The van der Waals surface area contributed by atoms with Gasteiger partial charge in [0.2, 0.25) is 0 Å². The minimum absolute atomic E-state index is 0.0302. The first-order valence-electron chi connectivity index (χ1n) is 7.25. The number of alkyl halides is 3. The van der Waals surface area contributed by atoms with E-state index in [2.05, 4.69) is 0 Å². The average Bonchev–Trinajstić information content (AvgIpc) is 3.03. The molecular formula is C17H13F3N2O2S. The van der Waals surface area contributed by atoms with Crippen molar-refractivity contribution in [2.45, 2.75) is 13.1 Å². The zero-order valence-corrected chi connectivity index (χ0v) is 14.1. The number of rotatable bonds is 2. The van der Waals surface area contributed by atoms with Crippen molar-refractivity contribution >= 4 is 34.7 Å². The summed E-state index contributed by atoms with van der Waals surface area (Å²) in [7, 11) is 1.78. The highest BCUT2D eigenvalue weighted by Gasteiger charge is 2.38. The van der Waals surface area contributed by atoms with Crippen LogP contribution in [-0.4, -0.2) is 15.7 Å². The summed E-state index contributed by atoms with van der Waals surface area (Å²) in [4.78, 5) is 25.7. The number of amides is 2. The van der Waals surface area contributed by atoms with Crippen molar-refractivity contribution in [1.82, 2.24) is 4.57 Å². The third-order valence-corrected chi connectivity index (χ3v) is 4.71. The van der Waals surface area contributed by atoms with Gasteiger partial charge in [-0.25, -0.2) is 4.90 Å². The van der Waals surface area contributed by atoms with Crippen LogP contribution < -0.4 is 4.90 Å². The normalized spacial score (nSPS) is 17.0. The number of hydrogen-bond donors (Lipinski definition) is 0. The summed E-state index contributed by atoms with van der Waals surface area (Å²) < 4.78 is 41.0. The molecule has 2 heterocycles. The molecule has 0 atom stereocenters. The van der Waals surface area contributed by atoms with E-state index in [1.54, 1.807) is 36.0 Å². The molecule has 0 aliphatic carbocycles. The minimum Gasteiger partial charge on any atom is -0.351 e. The van der Waals surface area contributed by atoms with E-state index in [-0.39, 0.29) is 16.2 Å². The second-order valence-corrected chi connectivity index (χ2v) is 6.55. The molecule has 0 spiro atoms. The molecule has 130 valence electrons. The van der Waals surface area contributed by atoms with Gasteiger partial charge in [0.25, 0.3) is 11.1 Å². The molecule has 0 unspecified atom stereocenters. The van der Waals surface area contributed by atoms with Crippen molar-refractivity contribution < 1.29 is 22.8 Å². The molecule has 0 radical (unpaired) electrons. The lowest BCUT2D eigenvalue weighted by molar-refractivity contribution is -0.138. The van der Waals surface area contributed by atoms with Gasteiger partial charge in [0.1, 0.15) is 0 Å². The highest BCUT2D eigenvalue weighted by molar-refractivity contribution is 8.19. The first-order valence-corrected chi connectivity index (χ1v) is 8.07. The van der Waals surface area contributed by atoms with Crippen LogP contribution in [0.5, 0.6) is 0 Å². The van der Waals surface area contributed by atoms with Gasteiger partial charge in [-0.15, -0.1) is 0 Å². The quantitative estimate of drug-likeness (QED) is 0.730. The third-order valence-electron chi connectivity index (χ3n) is 3.84. The SMILES string of the molecule is Cc1ccc(N2C(=O)SC(=Cc3cccn3C)C2=O)cc1C(F)(F)F. The lowest BCUT2D eigenvalue weighted by Crippen LogP contribution is -2.28. The summed E-state index contributed by atoms with van der Waals surface area (Å²) in [5, 5.41) is -0.623. The Bertz CT molecular complexity index is 900. The largest absolute Gasteiger partial charge is 0.416 e. The Kier molecular flexibility index (Phi) is 4.24. The number of halogens is 3. The molecule has 2 aromatic rings. The highest BCUT2D eigenvalue weighted by Crippen LogP contribution is 2.39.